The summed E-state index contributed by atoms with van der Waals surface area (Å²) in [5.41, 5.74) is 0. The van der Waals surface area contributed by atoms with Gasteiger partial charge in [-0.25, -0.2) is 4.79 Å². The van der Waals surface area contributed by atoms with Gasteiger partial charge >= 0.3 is 57.4 Å². The van der Waals surface area contributed by atoms with Crippen molar-refractivity contribution in [2.45, 2.75) is 0 Å². The number of hydrogen-bond acceptors (Lipinski definition) is 3. The summed E-state index contributed by atoms with van der Waals surface area (Å²) in [5.74, 6) is -0.616. The van der Waals surface area contributed by atoms with E-state index in [0.29, 0.717) is 6.26 Å². The number of rotatable bonds is 1. The summed E-state index contributed by atoms with van der Waals surface area (Å²) in [6.07, 6.45) is 1.19. The molecule has 8 heavy (non-hydrogen) atoms. The summed E-state index contributed by atoms with van der Waals surface area (Å²) >= 11 is 0. The summed E-state index contributed by atoms with van der Waals surface area (Å²) in [5, 5.41) is 9.42. The first-order valence-corrected chi connectivity index (χ1v) is 1.67. The Labute approximate surface area is 90.1 Å². The van der Waals surface area contributed by atoms with Crippen LogP contribution in [0.25, 0.3) is 0 Å². The van der Waals surface area contributed by atoms with E-state index in [9.17, 15) is 9.90 Å². The molecule has 0 radical (unpaired) electrons. The molecule has 0 heterocycles. The number of carbonyl (C=O) groups is 1. The van der Waals surface area contributed by atoms with Crippen molar-refractivity contribution in [3.63, 3.8) is 0 Å². The van der Waals surface area contributed by atoms with Gasteiger partial charge < -0.3 is 9.84 Å². The fraction of sp³-hybridized carbons (Fsp3) is 0.250. The van der Waals surface area contributed by atoms with Crippen LogP contribution in [0.3, 0.4) is 0 Å². The molecule has 0 aromatic rings. The molecule has 0 aromatic heterocycles. The Balaban J connectivity index is 0. The number of ether oxygens (including phenoxy) is 1. The fourth-order valence-corrected chi connectivity index (χ4v) is 0.124. The summed E-state index contributed by atoms with van der Waals surface area (Å²) in [7, 11) is 1.21. The van der Waals surface area contributed by atoms with Crippen molar-refractivity contribution in [1.82, 2.24) is 0 Å². The van der Waals surface area contributed by atoms with E-state index in [1.54, 1.807) is 0 Å². The second kappa shape index (κ2) is 7.65. The Kier molecular flexibility index (Phi) is 10.9. The van der Waals surface area contributed by atoms with Gasteiger partial charge in [0, 0.05) is 6.08 Å². The minimum Gasteiger partial charge on any atom is -0.878 e. The third kappa shape index (κ3) is 6.65. The number of hydrogen-bond donors (Lipinski definition) is 0. The molecule has 0 N–H and O–H groups in total. The van der Waals surface area contributed by atoms with Gasteiger partial charge in [-0.2, -0.15) is 0 Å². The van der Waals surface area contributed by atoms with Gasteiger partial charge in [0.05, 0.1) is 7.11 Å². The van der Waals surface area contributed by atoms with Crippen molar-refractivity contribution in [3.8, 4) is 0 Å². The molecule has 0 fully saturated rings. The van der Waals surface area contributed by atoms with Crippen molar-refractivity contribution < 1.29 is 66.0 Å². The van der Waals surface area contributed by atoms with E-state index in [4.69, 9.17) is 0 Å². The van der Waals surface area contributed by atoms with Gasteiger partial charge in [0.15, 0.2) is 0 Å². The minimum atomic E-state index is -0.616. The first-order valence-electron chi connectivity index (χ1n) is 1.67. The molecule has 0 amide bonds. The van der Waals surface area contributed by atoms with Gasteiger partial charge in [0.25, 0.3) is 0 Å². The summed E-state index contributed by atoms with van der Waals surface area (Å²) < 4.78 is 4.06. The Bertz CT molecular complexity index is 89.3. The predicted molar refractivity (Wildman–Crippen MR) is 21.2 cm³/mol. The van der Waals surface area contributed by atoms with Gasteiger partial charge in [-0.15, -0.1) is 6.26 Å². The number of methoxy groups -OCH3 is 1. The smallest absolute Gasteiger partial charge is 0.878 e. The Morgan fingerprint density at radius 1 is 1.75 bits per heavy atom. The Morgan fingerprint density at radius 2 is 2.25 bits per heavy atom. The molecule has 0 aliphatic heterocycles. The third-order valence-electron chi connectivity index (χ3n) is 0.405. The molecule has 4 heteroatoms. The van der Waals surface area contributed by atoms with Crippen molar-refractivity contribution >= 4 is 5.97 Å². The van der Waals surface area contributed by atoms with Crippen LogP contribution in [0.5, 0.6) is 0 Å². The maximum Gasteiger partial charge on any atom is 1.00 e. The number of esters is 1. The average Bonchev–Trinajstić information content (AvgIpc) is 1.68. The molecular formula is C4H5KO3. The standard InChI is InChI=1S/C4H6O3.K/c1-7-4(6)2-3-5;/h2-3,5H,1H3;/q;+1/p-1/b3-2+;. The first kappa shape index (κ1) is 11.4. The molecule has 0 aromatic carbocycles. The van der Waals surface area contributed by atoms with Gasteiger partial charge in [-0.05, 0) is 0 Å². The Hall–Kier alpha value is 0.646. The molecule has 40 valence electrons. The first-order chi connectivity index (χ1) is 3.31. The SMILES string of the molecule is COC(=O)/C=C/[O-].[K+]. The topological polar surface area (TPSA) is 49.4 Å². The van der Waals surface area contributed by atoms with Crippen LogP contribution in [-0.4, -0.2) is 13.1 Å². The maximum absolute atomic E-state index is 9.90. The normalized spacial score (nSPS) is 8.12. The molecule has 0 aliphatic rings. The van der Waals surface area contributed by atoms with E-state index in [1.807, 2.05) is 0 Å². The zero-order valence-electron chi connectivity index (χ0n) is 4.88. The van der Waals surface area contributed by atoms with Crippen LogP contribution in [-0.2, 0) is 9.53 Å². The minimum absolute atomic E-state index is 0. The second-order valence-corrected chi connectivity index (χ2v) is 0.826. The molecular weight excluding hydrogens is 135 g/mol. The van der Waals surface area contributed by atoms with E-state index >= 15 is 0 Å². The zero-order valence-corrected chi connectivity index (χ0v) is 8.00. The predicted octanol–water partition coefficient (Wildman–Crippen LogP) is -3.96. The summed E-state index contributed by atoms with van der Waals surface area (Å²) in [6, 6.07) is 0. The average molecular weight is 140 g/mol. The molecule has 0 spiro atoms. The van der Waals surface area contributed by atoms with Crippen LogP contribution in [0.4, 0.5) is 0 Å². The summed E-state index contributed by atoms with van der Waals surface area (Å²) in [6.45, 7) is 0. The van der Waals surface area contributed by atoms with Gasteiger partial charge in [-0.1, -0.05) is 0 Å². The van der Waals surface area contributed by atoms with Crippen LogP contribution in [0.15, 0.2) is 12.3 Å². The molecule has 0 bridgehead atoms. The van der Waals surface area contributed by atoms with Gasteiger partial charge in [0.1, 0.15) is 0 Å². The molecule has 3 nitrogen and oxygen atoms in total. The van der Waals surface area contributed by atoms with E-state index in [-0.39, 0.29) is 51.4 Å². The van der Waals surface area contributed by atoms with Crippen LogP contribution >= 0.6 is 0 Å². The monoisotopic (exact) mass is 140 g/mol. The molecule has 0 aliphatic carbocycles. The van der Waals surface area contributed by atoms with Crippen LogP contribution in [0.1, 0.15) is 0 Å². The maximum atomic E-state index is 9.90. The van der Waals surface area contributed by atoms with Crippen LogP contribution in [0, 0.1) is 0 Å². The van der Waals surface area contributed by atoms with E-state index in [0.717, 1.165) is 6.08 Å². The zero-order chi connectivity index (χ0) is 5.70. The molecule has 0 atom stereocenters. The quantitative estimate of drug-likeness (QED) is 0.162. The molecule has 0 unspecified atom stereocenters. The van der Waals surface area contributed by atoms with Crippen LogP contribution < -0.4 is 56.5 Å². The Morgan fingerprint density at radius 3 is 2.38 bits per heavy atom. The third-order valence-corrected chi connectivity index (χ3v) is 0.405. The van der Waals surface area contributed by atoms with Crippen molar-refractivity contribution in [2.75, 3.05) is 7.11 Å². The van der Waals surface area contributed by atoms with E-state index in [2.05, 4.69) is 4.74 Å². The van der Waals surface area contributed by atoms with Crippen molar-refractivity contribution in [3.05, 3.63) is 12.3 Å². The summed E-state index contributed by atoms with van der Waals surface area (Å²) in [4.78, 5) is 9.90. The largest absolute Gasteiger partial charge is 1.00 e. The molecule has 0 rings (SSSR count). The second-order valence-electron chi connectivity index (χ2n) is 0.826. The van der Waals surface area contributed by atoms with E-state index in [1.165, 1.54) is 7.11 Å². The van der Waals surface area contributed by atoms with Gasteiger partial charge in [-0.3, -0.25) is 0 Å². The fourth-order valence-electron chi connectivity index (χ4n) is 0.124. The van der Waals surface area contributed by atoms with Crippen LogP contribution in [0.2, 0.25) is 0 Å². The van der Waals surface area contributed by atoms with Crippen molar-refractivity contribution in [1.29, 1.82) is 0 Å². The van der Waals surface area contributed by atoms with Gasteiger partial charge in [0.2, 0.25) is 0 Å². The van der Waals surface area contributed by atoms with E-state index < -0.39 is 5.97 Å². The molecule has 0 saturated carbocycles. The van der Waals surface area contributed by atoms with Crippen molar-refractivity contribution in [2.24, 2.45) is 0 Å². The molecule has 0 saturated heterocycles. The number of carbonyl (C=O) groups excluding carboxylic acids is 1.